The average Bonchev–Trinajstić information content (AvgIpc) is 2.84. The summed E-state index contributed by atoms with van der Waals surface area (Å²) >= 11 is 0. The van der Waals surface area contributed by atoms with Crippen molar-refractivity contribution in [2.24, 2.45) is 11.7 Å². The van der Waals surface area contributed by atoms with Gasteiger partial charge in [-0.1, -0.05) is 6.92 Å². The van der Waals surface area contributed by atoms with Gasteiger partial charge in [-0.15, -0.1) is 0 Å². The molecule has 1 aromatic rings. The van der Waals surface area contributed by atoms with E-state index < -0.39 is 0 Å². The van der Waals surface area contributed by atoms with Crippen LogP contribution in [-0.4, -0.2) is 24.0 Å². The van der Waals surface area contributed by atoms with Gasteiger partial charge in [0.15, 0.2) is 0 Å². The first kappa shape index (κ1) is 12.7. The second-order valence-electron chi connectivity index (χ2n) is 5.19. The summed E-state index contributed by atoms with van der Waals surface area (Å²) in [5.41, 5.74) is 5.94. The number of hydrogen-bond acceptors (Lipinski definition) is 3. The van der Waals surface area contributed by atoms with Gasteiger partial charge in [0.2, 0.25) is 0 Å². The van der Waals surface area contributed by atoms with Crippen LogP contribution in [-0.2, 0) is 6.54 Å². The van der Waals surface area contributed by atoms with E-state index in [1.807, 2.05) is 6.07 Å². The van der Waals surface area contributed by atoms with Crippen LogP contribution in [0.3, 0.4) is 0 Å². The Balaban J connectivity index is 1.79. The third kappa shape index (κ3) is 3.86. The molecule has 0 radical (unpaired) electrons. The lowest BCUT2D eigenvalue weighted by Gasteiger charge is -2.30. The number of furan rings is 1. The van der Waals surface area contributed by atoms with Crippen molar-refractivity contribution in [2.45, 2.75) is 45.2 Å². The van der Waals surface area contributed by atoms with Crippen molar-refractivity contribution < 1.29 is 4.42 Å². The Bertz CT molecular complexity index is 302. The SMILES string of the molecule is CCN(Cc1ccco1)CC1CCC(N)CC1. The molecule has 0 spiro atoms. The monoisotopic (exact) mass is 236 g/mol. The molecule has 1 saturated carbocycles. The largest absolute Gasteiger partial charge is 0.468 e. The van der Waals surface area contributed by atoms with E-state index in [1.165, 1.54) is 32.2 Å². The van der Waals surface area contributed by atoms with Gasteiger partial charge >= 0.3 is 0 Å². The van der Waals surface area contributed by atoms with E-state index in [0.717, 1.165) is 24.8 Å². The Labute approximate surface area is 104 Å². The summed E-state index contributed by atoms with van der Waals surface area (Å²) in [5.74, 6) is 1.89. The van der Waals surface area contributed by atoms with E-state index in [4.69, 9.17) is 10.2 Å². The summed E-state index contributed by atoms with van der Waals surface area (Å²) in [7, 11) is 0. The van der Waals surface area contributed by atoms with Crippen LogP contribution in [0.5, 0.6) is 0 Å². The van der Waals surface area contributed by atoms with Gasteiger partial charge in [-0.2, -0.15) is 0 Å². The minimum atomic E-state index is 0.450. The van der Waals surface area contributed by atoms with E-state index >= 15 is 0 Å². The van der Waals surface area contributed by atoms with Crippen LogP contribution >= 0.6 is 0 Å². The molecule has 1 aliphatic rings. The highest BCUT2D eigenvalue weighted by Crippen LogP contribution is 2.24. The standard InChI is InChI=1S/C14H24N2O/c1-2-16(11-14-4-3-9-17-14)10-12-5-7-13(15)8-6-12/h3-4,9,12-13H,2,5-8,10-11,15H2,1H3. The molecule has 0 amide bonds. The fraction of sp³-hybridized carbons (Fsp3) is 0.714. The lowest BCUT2D eigenvalue weighted by Crippen LogP contribution is -2.34. The highest BCUT2D eigenvalue weighted by Gasteiger charge is 2.20. The molecule has 17 heavy (non-hydrogen) atoms. The average molecular weight is 236 g/mol. The molecule has 0 saturated heterocycles. The topological polar surface area (TPSA) is 42.4 Å². The molecular formula is C14H24N2O. The van der Waals surface area contributed by atoms with Crippen molar-refractivity contribution in [3.8, 4) is 0 Å². The van der Waals surface area contributed by atoms with Crippen molar-refractivity contribution in [3.63, 3.8) is 0 Å². The lowest BCUT2D eigenvalue weighted by molar-refractivity contribution is 0.185. The Morgan fingerprint density at radius 3 is 2.71 bits per heavy atom. The molecule has 0 unspecified atom stereocenters. The predicted molar refractivity (Wildman–Crippen MR) is 69.6 cm³/mol. The Morgan fingerprint density at radius 1 is 1.35 bits per heavy atom. The van der Waals surface area contributed by atoms with Crippen molar-refractivity contribution >= 4 is 0 Å². The second-order valence-corrected chi connectivity index (χ2v) is 5.19. The molecule has 0 atom stereocenters. The fourth-order valence-electron chi connectivity index (χ4n) is 2.66. The van der Waals surface area contributed by atoms with Crippen molar-refractivity contribution in [1.29, 1.82) is 0 Å². The smallest absolute Gasteiger partial charge is 0.117 e. The van der Waals surface area contributed by atoms with Crippen molar-refractivity contribution in [3.05, 3.63) is 24.2 Å². The van der Waals surface area contributed by atoms with E-state index in [2.05, 4.69) is 17.9 Å². The van der Waals surface area contributed by atoms with Crippen LogP contribution in [0.1, 0.15) is 38.4 Å². The van der Waals surface area contributed by atoms with Crippen LogP contribution in [0.15, 0.2) is 22.8 Å². The van der Waals surface area contributed by atoms with Crippen LogP contribution in [0, 0.1) is 5.92 Å². The van der Waals surface area contributed by atoms with Crippen LogP contribution < -0.4 is 5.73 Å². The molecule has 0 aliphatic heterocycles. The van der Waals surface area contributed by atoms with Crippen molar-refractivity contribution in [2.75, 3.05) is 13.1 Å². The Kier molecular flexibility index (Phi) is 4.63. The minimum Gasteiger partial charge on any atom is -0.468 e. The van der Waals surface area contributed by atoms with Gasteiger partial charge in [0.25, 0.3) is 0 Å². The van der Waals surface area contributed by atoms with Gasteiger partial charge in [0, 0.05) is 12.6 Å². The van der Waals surface area contributed by atoms with Gasteiger partial charge in [-0.05, 0) is 50.3 Å². The highest BCUT2D eigenvalue weighted by atomic mass is 16.3. The van der Waals surface area contributed by atoms with Crippen LogP contribution in [0.25, 0.3) is 0 Å². The first-order valence-corrected chi connectivity index (χ1v) is 6.78. The molecule has 3 nitrogen and oxygen atoms in total. The predicted octanol–water partition coefficient (Wildman–Crippen LogP) is 2.62. The molecular weight excluding hydrogens is 212 g/mol. The van der Waals surface area contributed by atoms with Gasteiger partial charge in [0.05, 0.1) is 12.8 Å². The highest BCUT2D eigenvalue weighted by molar-refractivity contribution is 4.97. The van der Waals surface area contributed by atoms with E-state index in [-0.39, 0.29) is 0 Å². The summed E-state index contributed by atoms with van der Waals surface area (Å²) in [6, 6.07) is 4.47. The van der Waals surface area contributed by atoms with E-state index in [9.17, 15) is 0 Å². The number of nitrogens with two attached hydrogens (primary N) is 1. The number of nitrogens with zero attached hydrogens (tertiary/aromatic N) is 1. The zero-order valence-corrected chi connectivity index (χ0v) is 10.8. The Morgan fingerprint density at radius 2 is 2.12 bits per heavy atom. The summed E-state index contributed by atoms with van der Waals surface area (Å²) < 4.78 is 5.41. The quantitative estimate of drug-likeness (QED) is 0.854. The van der Waals surface area contributed by atoms with Crippen molar-refractivity contribution in [1.82, 2.24) is 4.90 Å². The van der Waals surface area contributed by atoms with Crippen LogP contribution in [0.2, 0.25) is 0 Å². The third-order valence-corrected chi connectivity index (χ3v) is 3.81. The molecule has 1 heterocycles. The molecule has 3 heteroatoms. The molecule has 2 rings (SSSR count). The lowest BCUT2D eigenvalue weighted by atomic mass is 9.86. The summed E-state index contributed by atoms with van der Waals surface area (Å²) in [5, 5.41) is 0. The number of rotatable bonds is 5. The van der Waals surface area contributed by atoms with E-state index in [0.29, 0.717) is 6.04 Å². The van der Waals surface area contributed by atoms with E-state index in [1.54, 1.807) is 6.26 Å². The van der Waals surface area contributed by atoms with Gasteiger partial charge in [-0.25, -0.2) is 0 Å². The minimum absolute atomic E-state index is 0.450. The van der Waals surface area contributed by atoms with Gasteiger partial charge in [0.1, 0.15) is 5.76 Å². The molecule has 0 aromatic carbocycles. The first-order valence-electron chi connectivity index (χ1n) is 6.78. The molecule has 2 N–H and O–H groups in total. The first-order chi connectivity index (χ1) is 8.28. The maximum absolute atomic E-state index is 5.94. The fourth-order valence-corrected chi connectivity index (χ4v) is 2.66. The normalized spacial score (nSPS) is 25.4. The molecule has 0 bridgehead atoms. The molecule has 1 aromatic heterocycles. The van der Waals surface area contributed by atoms with Gasteiger partial charge in [-0.3, -0.25) is 4.90 Å². The van der Waals surface area contributed by atoms with Crippen LogP contribution in [0.4, 0.5) is 0 Å². The summed E-state index contributed by atoms with van der Waals surface area (Å²) in [4.78, 5) is 2.47. The summed E-state index contributed by atoms with van der Waals surface area (Å²) in [6.07, 6.45) is 6.72. The molecule has 1 aliphatic carbocycles. The maximum Gasteiger partial charge on any atom is 0.117 e. The second kappa shape index (κ2) is 6.22. The zero-order chi connectivity index (χ0) is 12.1. The maximum atomic E-state index is 5.94. The zero-order valence-electron chi connectivity index (χ0n) is 10.8. The molecule has 96 valence electrons. The van der Waals surface area contributed by atoms with Gasteiger partial charge < -0.3 is 10.2 Å². The molecule has 1 fully saturated rings. The number of hydrogen-bond donors (Lipinski definition) is 1. The summed E-state index contributed by atoms with van der Waals surface area (Å²) in [6.45, 7) is 5.43. The third-order valence-electron chi connectivity index (χ3n) is 3.81. The Hall–Kier alpha value is -0.800.